The van der Waals surface area contributed by atoms with E-state index in [-0.39, 0.29) is 24.6 Å². The van der Waals surface area contributed by atoms with E-state index in [1.165, 1.54) is 39.3 Å². The molecule has 1 aromatic carbocycles. The number of methoxy groups -OCH3 is 2. The van der Waals surface area contributed by atoms with Crippen molar-refractivity contribution in [1.82, 2.24) is 0 Å². The van der Waals surface area contributed by atoms with E-state index in [0.29, 0.717) is 5.56 Å². The van der Waals surface area contributed by atoms with Crippen LogP contribution in [0.2, 0.25) is 0 Å². The largest absolute Gasteiger partial charge is 0.493 e. The van der Waals surface area contributed by atoms with Gasteiger partial charge in [0.1, 0.15) is 17.3 Å². The molecule has 0 spiro atoms. The van der Waals surface area contributed by atoms with E-state index in [4.69, 9.17) is 14.2 Å². The van der Waals surface area contributed by atoms with Crippen LogP contribution in [0.1, 0.15) is 24.8 Å². The van der Waals surface area contributed by atoms with Crippen LogP contribution in [0.5, 0.6) is 5.75 Å². The monoisotopic (exact) mass is 338 g/mol. The summed E-state index contributed by atoms with van der Waals surface area (Å²) in [5.41, 5.74) is 0.481. The molecule has 0 fully saturated rings. The molecule has 2 unspecified atom stereocenters. The molecule has 24 heavy (non-hydrogen) atoms. The fourth-order valence-corrected chi connectivity index (χ4v) is 3.11. The minimum absolute atomic E-state index is 0.0885. The summed E-state index contributed by atoms with van der Waals surface area (Å²) in [5.74, 6) is -4.26. The molecule has 2 rings (SSSR count). The Kier molecular flexibility index (Phi) is 5.54. The maximum atomic E-state index is 13.5. The molecular formula is C17H19FO6. The van der Waals surface area contributed by atoms with Crippen molar-refractivity contribution in [2.45, 2.75) is 19.3 Å². The van der Waals surface area contributed by atoms with Gasteiger partial charge in [-0.05, 0) is 18.6 Å². The van der Waals surface area contributed by atoms with Crippen LogP contribution in [0.3, 0.4) is 0 Å². The summed E-state index contributed by atoms with van der Waals surface area (Å²) >= 11 is 0. The highest BCUT2D eigenvalue weighted by molar-refractivity contribution is 5.96. The number of hydrogen-bond acceptors (Lipinski definition) is 6. The average Bonchev–Trinajstić information content (AvgIpc) is 2.55. The maximum absolute atomic E-state index is 13.5. The van der Waals surface area contributed by atoms with E-state index in [1.807, 2.05) is 0 Å². The standard InChI is InChI=1S/C17H19FO6/c1-9(19)6-10-8-24-13-7-11(18)4-5-12(13)14(10)15(16(20)22-2)17(21)23-3/h4-5,7,10,14-15H,6,8H2,1-3H3. The molecule has 2 atom stereocenters. The van der Waals surface area contributed by atoms with Gasteiger partial charge >= 0.3 is 11.9 Å². The average molecular weight is 338 g/mol. The number of ether oxygens (including phenoxy) is 3. The Morgan fingerprint density at radius 2 is 1.88 bits per heavy atom. The van der Waals surface area contributed by atoms with Gasteiger partial charge in [-0.15, -0.1) is 0 Å². The molecule has 130 valence electrons. The summed E-state index contributed by atoms with van der Waals surface area (Å²) in [5, 5.41) is 0. The van der Waals surface area contributed by atoms with Crippen molar-refractivity contribution in [1.29, 1.82) is 0 Å². The molecular weight excluding hydrogens is 319 g/mol. The minimum atomic E-state index is -1.25. The van der Waals surface area contributed by atoms with Crippen molar-refractivity contribution >= 4 is 17.7 Å². The van der Waals surface area contributed by atoms with Crippen molar-refractivity contribution in [2.75, 3.05) is 20.8 Å². The van der Waals surface area contributed by atoms with Crippen LogP contribution in [-0.2, 0) is 23.9 Å². The summed E-state index contributed by atoms with van der Waals surface area (Å²) in [6.45, 7) is 1.51. The number of ketones is 1. The van der Waals surface area contributed by atoms with E-state index >= 15 is 0 Å². The number of Topliss-reactive ketones (excluding diaryl/α,β-unsaturated/α-hetero) is 1. The van der Waals surface area contributed by atoms with Gasteiger partial charge in [-0.25, -0.2) is 4.39 Å². The molecule has 7 heteroatoms. The second-order valence-corrected chi connectivity index (χ2v) is 5.71. The predicted molar refractivity (Wildman–Crippen MR) is 80.9 cm³/mol. The fraction of sp³-hybridized carbons (Fsp3) is 0.471. The Hall–Kier alpha value is -2.44. The normalized spacial score (nSPS) is 19.2. The van der Waals surface area contributed by atoms with Crippen molar-refractivity contribution in [3.8, 4) is 5.75 Å². The molecule has 0 radical (unpaired) electrons. The Balaban J connectivity index is 2.54. The maximum Gasteiger partial charge on any atom is 0.320 e. The number of carbonyl (C=O) groups excluding carboxylic acids is 3. The molecule has 0 aromatic heterocycles. The predicted octanol–water partition coefficient (Wildman–Crippen LogP) is 1.86. The van der Waals surface area contributed by atoms with Crippen molar-refractivity contribution < 1.29 is 33.0 Å². The third kappa shape index (κ3) is 3.55. The number of esters is 2. The second-order valence-electron chi connectivity index (χ2n) is 5.71. The zero-order chi connectivity index (χ0) is 17.9. The van der Waals surface area contributed by atoms with Crippen LogP contribution in [0.15, 0.2) is 18.2 Å². The molecule has 1 aromatic rings. The first-order chi connectivity index (χ1) is 11.4. The van der Waals surface area contributed by atoms with Gasteiger partial charge in [-0.3, -0.25) is 9.59 Å². The Bertz CT molecular complexity index is 640. The van der Waals surface area contributed by atoms with Crippen LogP contribution < -0.4 is 4.74 Å². The minimum Gasteiger partial charge on any atom is -0.493 e. The van der Waals surface area contributed by atoms with Gasteiger partial charge in [0.15, 0.2) is 5.92 Å². The van der Waals surface area contributed by atoms with Gasteiger partial charge in [-0.2, -0.15) is 0 Å². The van der Waals surface area contributed by atoms with Crippen LogP contribution in [0, 0.1) is 17.7 Å². The van der Waals surface area contributed by atoms with E-state index in [9.17, 15) is 18.8 Å². The van der Waals surface area contributed by atoms with E-state index in [1.54, 1.807) is 0 Å². The number of carbonyl (C=O) groups is 3. The summed E-state index contributed by atoms with van der Waals surface area (Å²) in [6.07, 6.45) is 0.117. The van der Waals surface area contributed by atoms with Gasteiger partial charge in [0.25, 0.3) is 0 Å². The number of halogens is 1. The summed E-state index contributed by atoms with van der Waals surface area (Å²) < 4.78 is 28.5. The summed E-state index contributed by atoms with van der Waals surface area (Å²) in [7, 11) is 2.34. The third-order valence-electron chi connectivity index (χ3n) is 4.11. The highest BCUT2D eigenvalue weighted by Crippen LogP contribution is 2.44. The van der Waals surface area contributed by atoms with Crippen molar-refractivity contribution in [3.63, 3.8) is 0 Å². The lowest BCUT2D eigenvalue weighted by Crippen LogP contribution is -2.40. The Morgan fingerprint density at radius 1 is 1.25 bits per heavy atom. The van der Waals surface area contributed by atoms with Crippen molar-refractivity contribution in [3.05, 3.63) is 29.6 Å². The SMILES string of the molecule is COC(=O)C(C(=O)OC)C1c2ccc(F)cc2OCC1CC(C)=O. The lowest BCUT2D eigenvalue weighted by molar-refractivity contribution is -0.161. The molecule has 0 N–H and O–H groups in total. The topological polar surface area (TPSA) is 78.9 Å². The van der Waals surface area contributed by atoms with Crippen molar-refractivity contribution in [2.24, 2.45) is 11.8 Å². The fourth-order valence-electron chi connectivity index (χ4n) is 3.11. The molecule has 6 nitrogen and oxygen atoms in total. The third-order valence-corrected chi connectivity index (χ3v) is 4.11. The zero-order valence-electron chi connectivity index (χ0n) is 13.7. The number of fused-ring (bicyclic) bond motifs is 1. The van der Waals surface area contributed by atoms with Crippen LogP contribution >= 0.6 is 0 Å². The Labute approximate surface area is 138 Å². The van der Waals surface area contributed by atoms with E-state index in [0.717, 1.165) is 0 Å². The van der Waals surface area contributed by atoms with Gasteiger partial charge < -0.3 is 19.0 Å². The molecule has 1 aliphatic heterocycles. The smallest absolute Gasteiger partial charge is 0.320 e. The highest BCUT2D eigenvalue weighted by Gasteiger charge is 2.45. The number of rotatable bonds is 5. The summed E-state index contributed by atoms with van der Waals surface area (Å²) in [6, 6.07) is 3.87. The highest BCUT2D eigenvalue weighted by atomic mass is 19.1. The number of hydrogen-bond donors (Lipinski definition) is 0. The molecule has 1 aliphatic rings. The molecule has 0 bridgehead atoms. The molecule has 0 aliphatic carbocycles. The van der Waals surface area contributed by atoms with Crippen LogP contribution in [-0.4, -0.2) is 38.5 Å². The van der Waals surface area contributed by atoms with Crippen LogP contribution in [0.4, 0.5) is 4.39 Å². The van der Waals surface area contributed by atoms with Gasteiger partial charge in [0.05, 0.1) is 20.8 Å². The molecule has 1 heterocycles. The molecule has 0 saturated carbocycles. The Morgan fingerprint density at radius 3 is 2.42 bits per heavy atom. The first-order valence-electron chi connectivity index (χ1n) is 7.46. The zero-order valence-corrected chi connectivity index (χ0v) is 13.7. The van der Waals surface area contributed by atoms with Gasteiger partial charge in [-0.1, -0.05) is 6.07 Å². The van der Waals surface area contributed by atoms with Crippen LogP contribution in [0.25, 0.3) is 0 Å². The lowest BCUT2D eigenvalue weighted by atomic mass is 9.73. The van der Waals surface area contributed by atoms with Gasteiger partial charge in [0.2, 0.25) is 0 Å². The summed E-state index contributed by atoms with van der Waals surface area (Å²) in [4.78, 5) is 36.0. The number of benzene rings is 1. The first-order valence-corrected chi connectivity index (χ1v) is 7.46. The molecule has 0 saturated heterocycles. The quantitative estimate of drug-likeness (QED) is 0.602. The molecule has 0 amide bonds. The second kappa shape index (κ2) is 7.42. The lowest BCUT2D eigenvalue weighted by Gasteiger charge is -2.36. The first kappa shape index (κ1) is 17.9. The van der Waals surface area contributed by atoms with E-state index < -0.39 is 35.5 Å². The van der Waals surface area contributed by atoms with Gasteiger partial charge in [0, 0.05) is 24.3 Å². The van der Waals surface area contributed by atoms with E-state index in [2.05, 4.69) is 0 Å².